The number of carbonyl (C=O) groups excluding carboxylic acids is 1. The van der Waals surface area contributed by atoms with Gasteiger partial charge in [-0.1, -0.05) is 18.2 Å². The topological polar surface area (TPSA) is 83.4 Å². The highest BCUT2D eigenvalue weighted by Crippen LogP contribution is 2.39. The lowest BCUT2D eigenvalue weighted by Crippen LogP contribution is -2.34. The molecule has 6 nitrogen and oxygen atoms in total. The van der Waals surface area contributed by atoms with Crippen LogP contribution in [0.4, 0.5) is 10.5 Å². The number of carbonyl (C=O) groups is 2. The minimum absolute atomic E-state index is 0.309. The van der Waals surface area contributed by atoms with E-state index in [1.807, 2.05) is 0 Å². The van der Waals surface area contributed by atoms with E-state index in [-0.39, 0.29) is 0 Å². The second-order valence-electron chi connectivity index (χ2n) is 4.06. The molecule has 0 aliphatic carbocycles. The molecule has 2 heterocycles. The van der Waals surface area contributed by atoms with E-state index in [9.17, 15) is 9.59 Å². The van der Waals surface area contributed by atoms with Crippen LogP contribution < -0.4 is 4.90 Å². The van der Waals surface area contributed by atoms with Gasteiger partial charge in [-0.3, -0.25) is 4.79 Å². The molecule has 0 radical (unpaired) electrons. The molecule has 1 unspecified atom stereocenters. The largest absolute Gasteiger partial charge is 0.464 e. The number of amides is 2. The molecule has 0 fully saturated rings. The van der Waals surface area contributed by atoms with Gasteiger partial charge in [-0.2, -0.15) is 0 Å². The van der Waals surface area contributed by atoms with Gasteiger partial charge in [-0.25, -0.2) is 19.7 Å². The molecule has 2 amide bonds. The number of hydrogen-bond donors (Lipinski definition) is 1. The monoisotopic (exact) mass is 255 g/mol. The zero-order valence-corrected chi connectivity index (χ0v) is 9.72. The molecule has 0 spiro atoms. The number of para-hydroxylation sites is 1. The first-order valence-corrected chi connectivity index (χ1v) is 5.63. The quantitative estimate of drug-likeness (QED) is 0.837. The minimum atomic E-state index is -1.30. The number of carboxylic acid groups (broad SMARTS) is 1. The lowest BCUT2D eigenvalue weighted by Gasteiger charge is -2.10. The lowest BCUT2D eigenvalue weighted by atomic mass is 10.00. The minimum Gasteiger partial charge on any atom is -0.464 e. The number of benzene rings is 1. The smallest absolute Gasteiger partial charge is 0.418 e. The summed E-state index contributed by atoms with van der Waals surface area (Å²) in [4.78, 5) is 32.3. The summed E-state index contributed by atoms with van der Waals surface area (Å²) >= 11 is 0. The molecule has 19 heavy (non-hydrogen) atoms. The first kappa shape index (κ1) is 11.3. The van der Waals surface area contributed by atoms with Crippen molar-refractivity contribution in [3.8, 4) is 0 Å². The van der Waals surface area contributed by atoms with Crippen molar-refractivity contribution in [1.29, 1.82) is 0 Å². The second kappa shape index (κ2) is 4.16. The van der Waals surface area contributed by atoms with Crippen LogP contribution in [0.2, 0.25) is 0 Å². The molecule has 0 bridgehead atoms. The molecule has 1 aromatic carbocycles. The zero-order chi connectivity index (χ0) is 13.4. The Labute approximate surface area is 108 Å². The SMILES string of the molecule is O=C(O)N1C(=O)C(c2ncccn2)c2ccccc21. The van der Waals surface area contributed by atoms with Crippen LogP contribution in [0.1, 0.15) is 17.3 Å². The number of aromatic nitrogens is 2. The Kier molecular flexibility index (Phi) is 2.49. The summed E-state index contributed by atoms with van der Waals surface area (Å²) in [6.07, 6.45) is 1.76. The van der Waals surface area contributed by atoms with Crippen LogP contribution in [0.25, 0.3) is 0 Å². The van der Waals surface area contributed by atoms with Crippen LogP contribution in [-0.2, 0) is 4.79 Å². The fourth-order valence-electron chi connectivity index (χ4n) is 2.22. The van der Waals surface area contributed by atoms with Crippen molar-refractivity contribution in [1.82, 2.24) is 9.97 Å². The molecule has 1 atom stereocenters. The maximum Gasteiger partial charge on any atom is 0.418 e. The van der Waals surface area contributed by atoms with Crippen molar-refractivity contribution in [3.63, 3.8) is 0 Å². The zero-order valence-electron chi connectivity index (χ0n) is 9.72. The molecule has 6 heteroatoms. The van der Waals surface area contributed by atoms with Gasteiger partial charge in [0.2, 0.25) is 0 Å². The average Bonchev–Trinajstić information content (AvgIpc) is 2.71. The highest BCUT2D eigenvalue weighted by Gasteiger charge is 2.42. The van der Waals surface area contributed by atoms with Gasteiger partial charge in [0.05, 0.1) is 5.69 Å². The standard InChI is InChI=1S/C13H9N3O3/c17-12-10(11-14-6-3-7-15-11)8-4-1-2-5-9(8)16(12)13(18)19/h1-7,10H,(H,18,19). The third-order valence-corrected chi connectivity index (χ3v) is 2.99. The van der Waals surface area contributed by atoms with Gasteiger partial charge in [0, 0.05) is 12.4 Å². The van der Waals surface area contributed by atoms with Crippen LogP contribution in [0, 0.1) is 0 Å². The van der Waals surface area contributed by atoms with E-state index >= 15 is 0 Å². The predicted molar refractivity (Wildman–Crippen MR) is 65.8 cm³/mol. The molecule has 1 N–H and O–H groups in total. The molecular weight excluding hydrogens is 246 g/mol. The van der Waals surface area contributed by atoms with E-state index in [4.69, 9.17) is 5.11 Å². The Balaban J connectivity index is 2.18. The van der Waals surface area contributed by atoms with Gasteiger partial charge in [-0.15, -0.1) is 0 Å². The molecule has 1 aliphatic rings. The summed E-state index contributed by atoms with van der Waals surface area (Å²) in [5.41, 5.74) is 0.985. The summed E-state index contributed by atoms with van der Waals surface area (Å²) in [6.45, 7) is 0. The van der Waals surface area contributed by atoms with Gasteiger partial charge in [0.25, 0.3) is 5.91 Å². The first-order valence-electron chi connectivity index (χ1n) is 5.63. The molecule has 0 saturated heterocycles. The van der Waals surface area contributed by atoms with Gasteiger partial charge < -0.3 is 5.11 Å². The number of imide groups is 1. The Bertz CT molecular complexity index is 657. The number of hydrogen-bond acceptors (Lipinski definition) is 4. The van der Waals surface area contributed by atoms with Crippen LogP contribution in [0.3, 0.4) is 0 Å². The highest BCUT2D eigenvalue weighted by atomic mass is 16.4. The van der Waals surface area contributed by atoms with E-state index < -0.39 is 17.9 Å². The van der Waals surface area contributed by atoms with Crippen LogP contribution >= 0.6 is 0 Å². The highest BCUT2D eigenvalue weighted by molar-refractivity contribution is 6.19. The summed E-state index contributed by atoms with van der Waals surface area (Å²) in [6, 6.07) is 8.41. The predicted octanol–water partition coefficient (Wildman–Crippen LogP) is 1.63. The van der Waals surface area contributed by atoms with Crippen molar-refractivity contribution in [2.75, 3.05) is 4.90 Å². The Morgan fingerprint density at radius 1 is 1.16 bits per heavy atom. The molecule has 1 aliphatic heterocycles. The van der Waals surface area contributed by atoms with Crippen LogP contribution in [0.5, 0.6) is 0 Å². The summed E-state index contributed by atoms with van der Waals surface area (Å²) < 4.78 is 0. The number of anilines is 1. The van der Waals surface area contributed by atoms with E-state index in [2.05, 4.69) is 9.97 Å². The van der Waals surface area contributed by atoms with Gasteiger partial charge in [0.15, 0.2) is 0 Å². The number of fused-ring (bicyclic) bond motifs is 1. The Morgan fingerprint density at radius 3 is 2.53 bits per heavy atom. The van der Waals surface area contributed by atoms with Crippen molar-refractivity contribution < 1.29 is 14.7 Å². The van der Waals surface area contributed by atoms with Crippen molar-refractivity contribution in [2.24, 2.45) is 0 Å². The first-order chi connectivity index (χ1) is 9.20. The van der Waals surface area contributed by atoms with E-state index in [1.165, 1.54) is 12.4 Å². The normalized spacial score (nSPS) is 17.4. The molecule has 94 valence electrons. The number of rotatable bonds is 1. The van der Waals surface area contributed by atoms with Gasteiger partial charge >= 0.3 is 6.09 Å². The summed E-state index contributed by atoms with van der Waals surface area (Å²) in [5, 5.41) is 9.16. The maximum atomic E-state index is 12.3. The molecule has 0 saturated carbocycles. The van der Waals surface area contributed by atoms with Gasteiger partial charge in [-0.05, 0) is 17.7 Å². The second-order valence-corrected chi connectivity index (χ2v) is 4.06. The average molecular weight is 255 g/mol. The van der Waals surface area contributed by atoms with Crippen LogP contribution in [-0.4, -0.2) is 27.1 Å². The summed E-state index contributed by atoms with van der Waals surface area (Å²) in [5.74, 6) is -0.989. The summed E-state index contributed by atoms with van der Waals surface area (Å²) in [7, 11) is 0. The third-order valence-electron chi connectivity index (χ3n) is 2.99. The van der Waals surface area contributed by atoms with Crippen molar-refractivity contribution in [3.05, 3.63) is 54.1 Å². The van der Waals surface area contributed by atoms with Crippen molar-refractivity contribution in [2.45, 2.75) is 5.92 Å². The van der Waals surface area contributed by atoms with E-state index in [0.29, 0.717) is 17.1 Å². The lowest BCUT2D eigenvalue weighted by molar-refractivity contribution is -0.118. The Hall–Kier alpha value is -2.76. The fourth-order valence-corrected chi connectivity index (χ4v) is 2.22. The van der Waals surface area contributed by atoms with E-state index in [0.717, 1.165) is 4.90 Å². The Morgan fingerprint density at radius 2 is 1.84 bits per heavy atom. The van der Waals surface area contributed by atoms with E-state index in [1.54, 1.807) is 30.3 Å². The maximum absolute atomic E-state index is 12.3. The molecule has 1 aromatic heterocycles. The number of nitrogens with zero attached hydrogens (tertiary/aromatic N) is 3. The van der Waals surface area contributed by atoms with Crippen molar-refractivity contribution >= 4 is 17.7 Å². The molecular formula is C13H9N3O3. The van der Waals surface area contributed by atoms with Gasteiger partial charge in [0.1, 0.15) is 11.7 Å². The molecule has 3 rings (SSSR count). The fraction of sp³-hybridized carbons (Fsp3) is 0.0769. The van der Waals surface area contributed by atoms with Crippen LogP contribution in [0.15, 0.2) is 42.7 Å². The third kappa shape index (κ3) is 1.65. The molecule has 2 aromatic rings.